The first-order chi connectivity index (χ1) is 10.1. The molecule has 22 heavy (non-hydrogen) atoms. The Kier molecular flexibility index (Phi) is 5.39. The van der Waals surface area contributed by atoms with Crippen molar-refractivity contribution >= 4 is 33.3 Å². The summed E-state index contributed by atoms with van der Waals surface area (Å²) in [6, 6.07) is 9.45. The number of nitrogens with zero attached hydrogens (tertiary/aromatic N) is 2. The van der Waals surface area contributed by atoms with Gasteiger partial charge in [0.2, 0.25) is 10.0 Å². The summed E-state index contributed by atoms with van der Waals surface area (Å²) < 4.78 is 26.7. The van der Waals surface area contributed by atoms with Crippen molar-refractivity contribution in [2.24, 2.45) is 11.7 Å². The van der Waals surface area contributed by atoms with Crippen LogP contribution in [0.25, 0.3) is 10.9 Å². The van der Waals surface area contributed by atoms with Crippen LogP contribution in [0.5, 0.6) is 0 Å². The van der Waals surface area contributed by atoms with Gasteiger partial charge in [0.05, 0.1) is 11.3 Å². The Morgan fingerprint density at radius 1 is 1.27 bits per heavy atom. The zero-order chi connectivity index (χ0) is 14.9. The summed E-state index contributed by atoms with van der Waals surface area (Å²) in [7, 11) is -3.31. The van der Waals surface area contributed by atoms with Gasteiger partial charge in [-0.1, -0.05) is 24.3 Å². The molecule has 1 atom stereocenters. The summed E-state index contributed by atoms with van der Waals surface area (Å²) in [5, 5.41) is 0.964. The average molecular weight is 342 g/mol. The summed E-state index contributed by atoms with van der Waals surface area (Å²) in [5.74, 6) is 0.281. The second-order valence-electron chi connectivity index (χ2n) is 5.50. The number of sulfonamides is 1. The normalized spacial score (nSPS) is 19.2. The lowest BCUT2D eigenvalue weighted by Gasteiger charge is -2.17. The maximum Gasteiger partial charge on any atom is 0.218 e. The summed E-state index contributed by atoms with van der Waals surface area (Å²) in [6.07, 6.45) is 2.54. The number of para-hydroxylation sites is 1. The molecule has 7 heteroatoms. The maximum absolute atomic E-state index is 12.6. The van der Waals surface area contributed by atoms with Gasteiger partial charge in [0.1, 0.15) is 0 Å². The number of hydrogen-bond donors (Lipinski definition) is 1. The molecule has 3 rings (SSSR count). The Bertz CT molecular complexity index is 746. The maximum atomic E-state index is 12.6. The van der Waals surface area contributed by atoms with Gasteiger partial charge in [-0.2, -0.15) is 0 Å². The fourth-order valence-corrected chi connectivity index (χ4v) is 4.44. The van der Waals surface area contributed by atoms with Crippen LogP contribution in [0.3, 0.4) is 0 Å². The summed E-state index contributed by atoms with van der Waals surface area (Å²) in [4.78, 5) is 4.32. The topological polar surface area (TPSA) is 76.3 Å². The van der Waals surface area contributed by atoms with Crippen molar-refractivity contribution in [2.45, 2.75) is 12.2 Å². The largest absolute Gasteiger partial charge is 0.330 e. The second kappa shape index (κ2) is 6.91. The zero-order valence-corrected chi connectivity index (χ0v) is 13.8. The van der Waals surface area contributed by atoms with Gasteiger partial charge in [0.25, 0.3) is 0 Å². The number of aromatic nitrogens is 1. The van der Waals surface area contributed by atoms with E-state index >= 15 is 0 Å². The second-order valence-corrected chi connectivity index (χ2v) is 7.47. The lowest BCUT2D eigenvalue weighted by Crippen LogP contribution is -2.31. The highest BCUT2D eigenvalue weighted by Gasteiger charge is 2.31. The van der Waals surface area contributed by atoms with E-state index in [1.165, 1.54) is 0 Å². The van der Waals surface area contributed by atoms with Gasteiger partial charge in [0, 0.05) is 24.7 Å². The van der Waals surface area contributed by atoms with Crippen molar-refractivity contribution in [3.63, 3.8) is 0 Å². The summed E-state index contributed by atoms with van der Waals surface area (Å²) in [6.45, 7) is 1.65. The predicted octanol–water partition coefficient (Wildman–Crippen LogP) is 1.77. The lowest BCUT2D eigenvalue weighted by molar-refractivity contribution is 0.458. The number of pyridine rings is 1. The van der Waals surface area contributed by atoms with Gasteiger partial charge in [-0.25, -0.2) is 12.7 Å². The molecule has 0 aliphatic carbocycles. The molecule has 0 radical (unpaired) electrons. The van der Waals surface area contributed by atoms with E-state index in [0.717, 1.165) is 22.9 Å². The summed E-state index contributed by atoms with van der Waals surface area (Å²) in [5.41, 5.74) is 7.15. The van der Waals surface area contributed by atoms with E-state index < -0.39 is 10.0 Å². The lowest BCUT2D eigenvalue weighted by atomic mass is 10.1. The van der Waals surface area contributed by atoms with E-state index in [2.05, 4.69) is 4.98 Å². The predicted molar refractivity (Wildman–Crippen MR) is 90.3 cm³/mol. The molecular weight excluding hydrogens is 322 g/mol. The van der Waals surface area contributed by atoms with Crippen LogP contribution in [0, 0.1) is 5.92 Å². The Labute approximate surface area is 137 Å². The van der Waals surface area contributed by atoms with Gasteiger partial charge in [-0.05, 0) is 30.5 Å². The fraction of sp³-hybridized carbons (Fsp3) is 0.400. The van der Waals surface area contributed by atoms with Crippen molar-refractivity contribution in [3.8, 4) is 0 Å². The molecule has 0 amide bonds. The van der Waals surface area contributed by atoms with Crippen LogP contribution >= 0.6 is 12.4 Å². The standard InChI is InChI=1S/C15H19N3O2S.ClH/c16-9-12-6-8-18(10-12)21(19,20)11-14-4-1-3-13-5-2-7-17-15(13)14;/h1-5,7,12H,6,8-11,16H2;1H. The van der Waals surface area contributed by atoms with Crippen LogP contribution in [0.4, 0.5) is 0 Å². The molecule has 1 fully saturated rings. The smallest absolute Gasteiger partial charge is 0.218 e. The van der Waals surface area contributed by atoms with Crippen LogP contribution < -0.4 is 5.73 Å². The van der Waals surface area contributed by atoms with Crippen molar-refractivity contribution in [2.75, 3.05) is 19.6 Å². The molecule has 0 bridgehead atoms. The van der Waals surface area contributed by atoms with Gasteiger partial charge in [0.15, 0.2) is 0 Å². The third kappa shape index (κ3) is 3.41. The van der Waals surface area contributed by atoms with Crippen molar-refractivity contribution in [3.05, 3.63) is 42.1 Å². The van der Waals surface area contributed by atoms with Crippen LogP contribution in [-0.2, 0) is 15.8 Å². The first-order valence-corrected chi connectivity index (χ1v) is 8.71. The quantitative estimate of drug-likeness (QED) is 0.919. The third-order valence-electron chi connectivity index (χ3n) is 4.03. The molecule has 0 saturated carbocycles. The molecule has 5 nitrogen and oxygen atoms in total. The Morgan fingerprint density at radius 3 is 2.77 bits per heavy atom. The fourth-order valence-electron chi connectivity index (χ4n) is 2.81. The van der Waals surface area contributed by atoms with E-state index in [1.54, 1.807) is 10.5 Å². The highest BCUT2D eigenvalue weighted by atomic mass is 35.5. The zero-order valence-electron chi connectivity index (χ0n) is 12.2. The summed E-state index contributed by atoms with van der Waals surface area (Å²) >= 11 is 0. The number of benzene rings is 1. The van der Waals surface area contributed by atoms with Gasteiger partial charge < -0.3 is 5.73 Å². The minimum absolute atomic E-state index is 0. The number of nitrogens with two attached hydrogens (primary N) is 1. The average Bonchev–Trinajstić information content (AvgIpc) is 2.97. The Morgan fingerprint density at radius 2 is 2.05 bits per heavy atom. The molecule has 1 saturated heterocycles. The van der Waals surface area contributed by atoms with Crippen molar-refractivity contribution < 1.29 is 8.42 Å². The molecule has 1 aliphatic rings. The van der Waals surface area contributed by atoms with Crippen molar-refractivity contribution in [1.29, 1.82) is 0 Å². The molecule has 1 unspecified atom stereocenters. The number of rotatable bonds is 4. The molecule has 2 aromatic rings. The van der Waals surface area contributed by atoms with Gasteiger partial charge in [-0.3, -0.25) is 4.98 Å². The molecule has 1 aromatic carbocycles. The highest BCUT2D eigenvalue weighted by Crippen LogP contribution is 2.23. The van der Waals surface area contributed by atoms with Gasteiger partial charge >= 0.3 is 0 Å². The van der Waals surface area contributed by atoms with E-state index in [-0.39, 0.29) is 24.1 Å². The molecule has 1 aromatic heterocycles. The van der Waals surface area contributed by atoms with Crippen LogP contribution in [-0.4, -0.2) is 37.3 Å². The number of fused-ring (bicyclic) bond motifs is 1. The molecule has 120 valence electrons. The molecule has 2 heterocycles. The van der Waals surface area contributed by atoms with Crippen LogP contribution in [0.15, 0.2) is 36.5 Å². The van der Waals surface area contributed by atoms with E-state index in [4.69, 9.17) is 5.73 Å². The van der Waals surface area contributed by atoms with E-state index in [0.29, 0.717) is 19.6 Å². The first kappa shape index (κ1) is 17.1. The monoisotopic (exact) mass is 341 g/mol. The van der Waals surface area contributed by atoms with Crippen molar-refractivity contribution in [1.82, 2.24) is 9.29 Å². The highest BCUT2D eigenvalue weighted by molar-refractivity contribution is 7.88. The minimum atomic E-state index is -3.31. The molecular formula is C15H20ClN3O2S. The van der Waals surface area contributed by atoms with Crippen LogP contribution in [0.1, 0.15) is 12.0 Å². The molecule has 2 N–H and O–H groups in total. The molecule has 1 aliphatic heterocycles. The van der Waals surface area contributed by atoms with Crippen LogP contribution in [0.2, 0.25) is 0 Å². The van der Waals surface area contributed by atoms with Gasteiger partial charge in [-0.15, -0.1) is 12.4 Å². The number of halogens is 1. The Balaban J connectivity index is 0.00000176. The van der Waals surface area contributed by atoms with E-state index in [1.807, 2.05) is 30.3 Å². The minimum Gasteiger partial charge on any atom is -0.330 e. The molecule has 0 spiro atoms. The third-order valence-corrected chi connectivity index (χ3v) is 5.82. The van der Waals surface area contributed by atoms with E-state index in [9.17, 15) is 8.42 Å². The number of hydrogen-bond acceptors (Lipinski definition) is 4. The SMILES string of the molecule is Cl.NCC1CCN(S(=O)(=O)Cc2cccc3cccnc23)C1. The first-order valence-electron chi connectivity index (χ1n) is 7.10. The Hall–Kier alpha value is -1.21.